The molecule has 0 radical (unpaired) electrons. The van der Waals surface area contributed by atoms with Crippen molar-refractivity contribution in [2.24, 2.45) is 0 Å². The number of hydrogen-bond acceptors (Lipinski definition) is 4. The highest BCUT2D eigenvalue weighted by Crippen LogP contribution is 2.29. The third-order valence-corrected chi connectivity index (χ3v) is 2.10. The number of ether oxygens (including phenoxy) is 3. The highest BCUT2D eigenvalue weighted by Gasteiger charge is 2.14. The van der Waals surface area contributed by atoms with Gasteiger partial charge in [-0.15, -0.1) is 0 Å². The first kappa shape index (κ1) is 14.4. The van der Waals surface area contributed by atoms with Crippen LogP contribution in [0.3, 0.4) is 0 Å². The Balaban J connectivity index is 2.94. The minimum atomic E-state index is -0.362. The minimum absolute atomic E-state index is 0.0485. The van der Waals surface area contributed by atoms with Gasteiger partial charge in [-0.3, -0.25) is 0 Å². The average Bonchev–Trinajstić information content (AvgIpc) is 2.27. The van der Waals surface area contributed by atoms with Crippen LogP contribution in [0.15, 0.2) is 18.2 Å². The first-order valence-electron chi connectivity index (χ1n) is 5.99. The van der Waals surface area contributed by atoms with E-state index in [4.69, 9.17) is 14.2 Å². The van der Waals surface area contributed by atoms with Crippen LogP contribution in [0.4, 0.5) is 0 Å². The molecule has 0 bridgehead atoms. The number of hydrogen-bond donors (Lipinski definition) is 0. The van der Waals surface area contributed by atoms with Crippen molar-refractivity contribution >= 4 is 5.97 Å². The van der Waals surface area contributed by atoms with Gasteiger partial charge in [0.05, 0.1) is 24.9 Å². The van der Waals surface area contributed by atoms with E-state index in [2.05, 4.69) is 0 Å². The fraction of sp³-hybridized carbons (Fsp3) is 0.500. The summed E-state index contributed by atoms with van der Waals surface area (Å²) in [5.41, 5.74) is 0.455. The lowest BCUT2D eigenvalue weighted by Crippen LogP contribution is -2.12. The Morgan fingerprint density at radius 3 is 2.22 bits per heavy atom. The van der Waals surface area contributed by atoms with E-state index in [-0.39, 0.29) is 18.2 Å². The summed E-state index contributed by atoms with van der Waals surface area (Å²) >= 11 is 0. The van der Waals surface area contributed by atoms with Gasteiger partial charge in [-0.05, 0) is 45.9 Å². The van der Waals surface area contributed by atoms with Crippen molar-refractivity contribution in [3.05, 3.63) is 23.8 Å². The second kappa shape index (κ2) is 6.28. The summed E-state index contributed by atoms with van der Waals surface area (Å²) in [4.78, 5) is 11.7. The molecule has 0 aliphatic carbocycles. The largest absolute Gasteiger partial charge is 0.493 e. The second-order valence-electron chi connectivity index (χ2n) is 4.49. The van der Waals surface area contributed by atoms with Crippen LogP contribution in [-0.2, 0) is 4.74 Å². The molecular weight excluding hydrogens is 232 g/mol. The Morgan fingerprint density at radius 1 is 1.06 bits per heavy atom. The maximum atomic E-state index is 11.7. The summed E-state index contributed by atoms with van der Waals surface area (Å²) in [5.74, 6) is 0.787. The van der Waals surface area contributed by atoms with Gasteiger partial charge in [-0.1, -0.05) is 0 Å². The molecule has 0 aliphatic heterocycles. The van der Waals surface area contributed by atoms with Gasteiger partial charge in [0.15, 0.2) is 11.5 Å². The highest BCUT2D eigenvalue weighted by atomic mass is 16.5. The van der Waals surface area contributed by atoms with Gasteiger partial charge in [0.2, 0.25) is 0 Å². The summed E-state index contributed by atoms with van der Waals surface area (Å²) < 4.78 is 15.9. The molecular formula is C14H20O4. The summed E-state index contributed by atoms with van der Waals surface area (Å²) in [7, 11) is 1.54. The first-order valence-corrected chi connectivity index (χ1v) is 5.99. The fourth-order valence-corrected chi connectivity index (χ4v) is 1.43. The van der Waals surface area contributed by atoms with Gasteiger partial charge in [0.1, 0.15) is 0 Å². The van der Waals surface area contributed by atoms with Gasteiger partial charge in [-0.2, -0.15) is 0 Å². The van der Waals surface area contributed by atoms with E-state index in [1.807, 2.05) is 27.7 Å². The predicted octanol–water partition coefficient (Wildman–Crippen LogP) is 3.05. The van der Waals surface area contributed by atoms with Crippen LogP contribution in [0.25, 0.3) is 0 Å². The summed E-state index contributed by atoms with van der Waals surface area (Å²) in [6.45, 7) is 7.48. The Hall–Kier alpha value is -1.71. The van der Waals surface area contributed by atoms with Crippen molar-refractivity contribution in [1.29, 1.82) is 0 Å². The maximum Gasteiger partial charge on any atom is 0.338 e. The van der Waals surface area contributed by atoms with E-state index in [1.54, 1.807) is 25.3 Å². The first-order chi connectivity index (χ1) is 8.43. The highest BCUT2D eigenvalue weighted by molar-refractivity contribution is 5.90. The van der Waals surface area contributed by atoms with Gasteiger partial charge in [0, 0.05) is 0 Å². The molecule has 0 amide bonds. The van der Waals surface area contributed by atoms with E-state index >= 15 is 0 Å². The molecule has 0 saturated heterocycles. The monoisotopic (exact) mass is 252 g/mol. The van der Waals surface area contributed by atoms with Gasteiger partial charge < -0.3 is 14.2 Å². The zero-order valence-corrected chi connectivity index (χ0v) is 11.5. The maximum absolute atomic E-state index is 11.7. The number of methoxy groups -OCH3 is 1. The van der Waals surface area contributed by atoms with E-state index < -0.39 is 0 Å². The van der Waals surface area contributed by atoms with Crippen molar-refractivity contribution in [2.75, 3.05) is 7.11 Å². The Labute approximate surface area is 108 Å². The summed E-state index contributed by atoms with van der Waals surface area (Å²) in [5, 5.41) is 0. The van der Waals surface area contributed by atoms with Crippen LogP contribution < -0.4 is 9.47 Å². The predicted molar refractivity (Wildman–Crippen MR) is 69.3 cm³/mol. The van der Waals surface area contributed by atoms with Crippen molar-refractivity contribution < 1.29 is 19.0 Å². The molecule has 0 unspecified atom stereocenters. The molecule has 18 heavy (non-hydrogen) atoms. The normalized spacial score (nSPS) is 10.6. The molecule has 0 atom stereocenters. The molecule has 0 spiro atoms. The molecule has 100 valence electrons. The summed E-state index contributed by atoms with van der Waals surface area (Å²) in [6.07, 6.45) is -0.0950. The lowest BCUT2D eigenvalue weighted by molar-refractivity contribution is 0.0377. The molecule has 4 nitrogen and oxygen atoms in total. The smallest absolute Gasteiger partial charge is 0.338 e. The van der Waals surface area contributed by atoms with Crippen LogP contribution in [0.1, 0.15) is 38.1 Å². The number of esters is 1. The van der Waals surface area contributed by atoms with E-state index in [0.717, 1.165) is 0 Å². The topological polar surface area (TPSA) is 44.8 Å². The number of carbonyl (C=O) groups excluding carboxylic acids is 1. The summed E-state index contributed by atoms with van der Waals surface area (Å²) in [6, 6.07) is 5.02. The number of benzene rings is 1. The molecule has 0 aromatic heterocycles. The third kappa shape index (κ3) is 3.95. The van der Waals surface area contributed by atoms with Crippen molar-refractivity contribution in [1.82, 2.24) is 0 Å². The van der Waals surface area contributed by atoms with E-state index in [0.29, 0.717) is 17.1 Å². The molecule has 1 rings (SSSR count). The molecule has 0 aliphatic rings. The third-order valence-electron chi connectivity index (χ3n) is 2.10. The molecule has 0 fully saturated rings. The van der Waals surface area contributed by atoms with Crippen molar-refractivity contribution in [2.45, 2.75) is 39.9 Å². The van der Waals surface area contributed by atoms with Gasteiger partial charge in [-0.25, -0.2) is 4.79 Å². The SMILES string of the molecule is COc1cc(C(=O)OC(C)C)ccc1OC(C)C. The molecule has 0 saturated carbocycles. The molecule has 0 heterocycles. The lowest BCUT2D eigenvalue weighted by Gasteiger charge is -2.14. The zero-order chi connectivity index (χ0) is 13.7. The average molecular weight is 252 g/mol. The van der Waals surface area contributed by atoms with Crippen LogP contribution in [0.2, 0.25) is 0 Å². The van der Waals surface area contributed by atoms with Crippen LogP contribution >= 0.6 is 0 Å². The fourth-order valence-electron chi connectivity index (χ4n) is 1.43. The van der Waals surface area contributed by atoms with E-state index in [1.165, 1.54) is 0 Å². The Bertz CT molecular complexity index is 410. The molecule has 0 N–H and O–H groups in total. The second-order valence-corrected chi connectivity index (χ2v) is 4.49. The molecule has 1 aromatic rings. The number of rotatable bonds is 5. The zero-order valence-electron chi connectivity index (χ0n) is 11.5. The number of carbonyl (C=O) groups is 1. The van der Waals surface area contributed by atoms with Crippen molar-refractivity contribution in [3.8, 4) is 11.5 Å². The van der Waals surface area contributed by atoms with Gasteiger partial charge in [0.25, 0.3) is 0 Å². The lowest BCUT2D eigenvalue weighted by atomic mass is 10.2. The molecule has 1 aromatic carbocycles. The Morgan fingerprint density at radius 2 is 1.72 bits per heavy atom. The van der Waals surface area contributed by atoms with Crippen LogP contribution in [-0.4, -0.2) is 25.3 Å². The standard InChI is InChI=1S/C14H20O4/c1-9(2)17-12-7-6-11(8-13(12)16-5)14(15)18-10(3)4/h6-10H,1-5H3. The van der Waals surface area contributed by atoms with Crippen LogP contribution in [0.5, 0.6) is 11.5 Å². The van der Waals surface area contributed by atoms with Crippen LogP contribution in [0, 0.1) is 0 Å². The van der Waals surface area contributed by atoms with Crippen molar-refractivity contribution in [3.63, 3.8) is 0 Å². The van der Waals surface area contributed by atoms with E-state index in [9.17, 15) is 4.79 Å². The Kier molecular flexibility index (Phi) is 5.01. The minimum Gasteiger partial charge on any atom is -0.493 e. The quantitative estimate of drug-likeness (QED) is 0.755. The van der Waals surface area contributed by atoms with Gasteiger partial charge >= 0.3 is 5.97 Å². The molecule has 4 heteroatoms.